The monoisotopic (exact) mass is 320 g/mol. The minimum absolute atomic E-state index is 0.00755. The molecule has 1 atom stereocenters. The first-order chi connectivity index (χ1) is 9.79. The van der Waals surface area contributed by atoms with Crippen molar-refractivity contribution in [3.63, 3.8) is 0 Å². The number of carbonyl (C=O) groups excluding carboxylic acids is 1. The Morgan fingerprint density at radius 1 is 1.33 bits per heavy atom. The molecular weight excluding hydrogens is 296 g/mol. The van der Waals surface area contributed by atoms with Gasteiger partial charge in [-0.05, 0) is 12.3 Å². The number of hydrogen-bond donors (Lipinski definition) is 2. The topological polar surface area (TPSA) is 104 Å². The van der Waals surface area contributed by atoms with Crippen LogP contribution in [0.2, 0.25) is 0 Å². The highest BCUT2D eigenvalue weighted by Gasteiger charge is 2.35. The van der Waals surface area contributed by atoms with Gasteiger partial charge in [-0.2, -0.15) is 0 Å². The van der Waals surface area contributed by atoms with Gasteiger partial charge in [-0.25, -0.2) is 13.2 Å². The molecule has 2 amide bonds. The van der Waals surface area contributed by atoms with E-state index in [2.05, 4.69) is 5.32 Å². The first kappa shape index (κ1) is 17.7. The molecule has 1 saturated heterocycles. The fourth-order valence-corrected chi connectivity index (χ4v) is 4.17. The molecule has 8 heteroatoms. The zero-order valence-electron chi connectivity index (χ0n) is 12.5. The molecule has 2 N–H and O–H groups in total. The maximum absolute atomic E-state index is 12.2. The van der Waals surface area contributed by atoms with Crippen LogP contribution in [0.3, 0.4) is 0 Å². The average Bonchev–Trinajstić information content (AvgIpc) is 2.76. The normalized spacial score (nSPS) is 20.4. The molecule has 0 aliphatic carbocycles. The van der Waals surface area contributed by atoms with Crippen LogP contribution in [0, 0.1) is 5.92 Å². The third-order valence-electron chi connectivity index (χ3n) is 3.91. The first-order valence-corrected chi connectivity index (χ1v) is 9.07. The first-order valence-electron chi connectivity index (χ1n) is 7.25. The van der Waals surface area contributed by atoms with Crippen LogP contribution >= 0.6 is 0 Å². The second-order valence-corrected chi connectivity index (χ2v) is 7.68. The number of aliphatic carboxylic acids is 1. The molecule has 0 aromatic heterocycles. The zero-order valence-corrected chi connectivity index (χ0v) is 13.4. The van der Waals surface area contributed by atoms with E-state index >= 15 is 0 Å². The van der Waals surface area contributed by atoms with Gasteiger partial charge in [0.1, 0.15) is 6.54 Å². The molecule has 1 rings (SSSR count). The third kappa shape index (κ3) is 5.53. The Hall–Kier alpha value is -1.31. The molecule has 1 unspecified atom stereocenters. The van der Waals surface area contributed by atoms with Crippen LogP contribution < -0.4 is 5.32 Å². The lowest BCUT2D eigenvalue weighted by Crippen LogP contribution is -2.49. The fraction of sp³-hybridized carbons (Fsp3) is 0.846. The van der Waals surface area contributed by atoms with E-state index in [1.54, 1.807) is 0 Å². The van der Waals surface area contributed by atoms with E-state index in [1.807, 2.05) is 13.8 Å². The molecule has 0 radical (unpaired) electrons. The summed E-state index contributed by atoms with van der Waals surface area (Å²) in [7, 11) is -3.16. The number of urea groups is 1. The molecule has 21 heavy (non-hydrogen) atoms. The molecule has 7 nitrogen and oxygen atoms in total. The lowest BCUT2D eigenvalue weighted by molar-refractivity contribution is -0.138. The van der Waals surface area contributed by atoms with Gasteiger partial charge in [0.05, 0.1) is 11.5 Å². The van der Waals surface area contributed by atoms with Gasteiger partial charge in [-0.15, -0.1) is 0 Å². The molecule has 0 saturated carbocycles. The quantitative estimate of drug-likeness (QED) is 0.719. The average molecular weight is 320 g/mol. The van der Waals surface area contributed by atoms with Crippen molar-refractivity contribution in [2.24, 2.45) is 5.92 Å². The predicted octanol–water partition coefficient (Wildman–Crippen LogP) is 0.706. The van der Waals surface area contributed by atoms with E-state index in [9.17, 15) is 18.0 Å². The van der Waals surface area contributed by atoms with Gasteiger partial charge in [0.2, 0.25) is 0 Å². The Labute approximate surface area is 125 Å². The van der Waals surface area contributed by atoms with E-state index < -0.39 is 34.4 Å². The number of nitrogens with one attached hydrogen (secondary N) is 1. The summed E-state index contributed by atoms with van der Waals surface area (Å²) in [5.41, 5.74) is 0. The minimum Gasteiger partial charge on any atom is -0.480 e. The van der Waals surface area contributed by atoms with Gasteiger partial charge >= 0.3 is 12.0 Å². The number of carboxylic acid groups (broad SMARTS) is 1. The van der Waals surface area contributed by atoms with Crippen molar-refractivity contribution in [2.75, 3.05) is 24.6 Å². The Balaban J connectivity index is 2.69. The zero-order chi connectivity index (χ0) is 16.0. The van der Waals surface area contributed by atoms with Crippen LogP contribution in [0.25, 0.3) is 0 Å². The molecule has 0 spiro atoms. The van der Waals surface area contributed by atoms with E-state index in [1.165, 1.54) is 0 Å². The van der Waals surface area contributed by atoms with E-state index in [-0.39, 0.29) is 11.5 Å². The summed E-state index contributed by atoms with van der Waals surface area (Å²) in [5.74, 6) is -0.948. The second-order valence-electron chi connectivity index (χ2n) is 5.45. The molecular formula is C13H24N2O5S. The van der Waals surface area contributed by atoms with Crippen LogP contribution in [-0.4, -0.2) is 61.1 Å². The largest absolute Gasteiger partial charge is 0.480 e. The molecule has 1 heterocycles. The van der Waals surface area contributed by atoms with Crippen molar-refractivity contribution >= 4 is 21.8 Å². The number of hydrogen-bond acceptors (Lipinski definition) is 4. The number of rotatable bonds is 7. The Morgan fingerprint density at radius 2 is 1.95 bits per heavy atom. The van der Waals surface area contributed by atoms with Gasteiger partial charge in [0.15, 0.2) is 9.84 Å². The number of carbonyl (C=O) groups is 2. The van der Waals surface area contributed by atoms with Crippen molar-refractivity contribution in [3.05, 3.63) is 0 Å². The molecule has 1 fully saturated rings. The van der Waals surface area contributed by atoms with Crippen molar-refractivity contribution < 1.29 is 23.1 Å². The van der Waals surface area contributed by atoms with Crippen molar-refractivity contribution in [1.29, 1.82) is 0 Å². The van der Waals surface area contributed by atoms with Crippen molar-refractivity contribution in [1.82, 2.24) is 10.2 Å². The number of sulfone groups is 1. The van der Waals surface area contributed by atoms with Gasteiger partial charge in [-0.1, -0.05) is 26.7 Å². The highest BCUT2D eigenvalue weighted by atomic mass is 32.2. The van der Waals surface area contributed by atoms with E-state index in [4.69, 9.17) is 5.11 Å². The van der Waals surface area contributed by atoms with Crippen LogP contribution in [0.15, 0.2) is 0 Å². The highest BCUT2D eigenvalue weighted by molar-refractivity contribution is 7.91. The highest BCUT2D eigenvalue weighted by Crippen LogP contribution is 2.18. The summed E-state index contributed by atoms with van der Waals surface area (Å²) in [4.78, 5) is 24.2. The van der Waals surface area contributed by atoms with Crippen LogP contribution in [0.5, 0.6) is 0 Å². The lowest BCUT2D eigenvalue weighted by atomic mass is 10.0. The standard InChI is InChI=1S/C13H24N2O5S/c1-3-10(4-2)7-14-13(18)15(8-12(16)17)11-5-6-21(19,20)9-11/h10-11H,3-9H2,1-2H3,(H,14,18)(H,16,17). The maximum atomic E-state index is 12.2. The third-order valence-corrected chi connectivity index (χ3v) is 5.66. The Morgan fingerprint density at radius 3 is 2.38 bits per heavy atom. The molecule has 1 aliphatic rings. The number of carboxylic acids is 1. The van der Waals surface area contributed by atoms with Crippen molar-refractivity contribution in [3.8, 4) is 0 Å². The predicted molar refractivity (Wildman–Crippen MR) is 78.9 cm³/mol. The van der Waals surface area contributed by atoms with E-state index in [0.717, 1.165) is 17.7 Å². The van der Waals surface area contributed by atoms with Gasteiger partial charge < -0.3 is 15.3 Å². The van der Waals surface area contributed by atoms with Gasteiger partial charge in [-0.3, -0.25) is 4.79 Å². The molecule has 1 aliphatic heterocycles. The van der Waals surface area contributed by atoms with Crippen molar-refractivity contribution in [2.45, 2.75) is 39.2 Å². The lowest BCUT2D eigenvalue weighted by Gasteiger charge is -2.27. The summed E-state index contributed by atoms with van der Waals surface area (Å²) in [6, 6.07) is -1.04. The van der Waals surface area contributed by atoms with Gasteiger partial charge in [0.25, 0.3) is 0 Å². The van der Waals surface area contributed by atoms with Crippen LogP contribution in [0.1, 0.15) is 33.1 Å². The molecule has 0 aromatic rings. The SMILES string of the molecule is CCC(CC)CNC(=O)N(CC(=O)O)C1CCS(=O)(=O)C1. The Bertz CT molecular complexity index is 473. The molecule has 122 valence electrons. The smallest absolute Gasteiger partial charge is 0.323 e. The van der Waals surface area contributed by atoms with Crippen LogP contribution in [0.4, 0.5) is 4.79 Å². The minimum atomic E-state index is -3.16. The summed E-state index contributed by atoms with van der Waals surface area (Å²) in [5, 5.41) is 11.6. The summed E-state index contributed by atoms with van der Waals surface area (Å²) in [6.45, 7) is 4.05. The number of amides is 2. The second kappa shape index (κ2) is 7.63. The summed E-state index contributed by atoms with van der Waals surface area (Å²) in [6.07, 6.45) is 2.15. The molecule has 0 bridgehead atoms. The van der Waals surface area contributed by atoms with Gasteiger partial charge in [0, 0.05) is 12.6 Å². The number of nitrogens with zero attached hydrogens (tertiary/aromatic N) is 1. The molecule has 0 aromatic carbocycles. The fourth-order valence-electron chi connectivity index (χ4n) is 2.44. The van der Waals surface area contributed by atoms with Crippen LogP contribution in [-0.2, 0) is 14.6 Å². The maximum Gasteiger partial charge on any atom is 0.323 e. The summed E-state index contributed by atoms with van der Waals surface area (Å²) < 4.78 is 23.0. The summed E-state index contributed by atoms with van der Waals surface area (Å²) >= 11 is 0. The van der Waals surface area contributed by atoms with E-state index in [0.29, 0.717) is 18.9 Å². The Kier molecular flexibility index (Phi) is 6.44.